The van der Waals surface area contributed by atoms with Crippen molar-refractivity contribution in [1.82, 2.24) is 0 Å². The largest absolute Gasteiger partial charge is 0.479 e. The van der Waals surface area contributed by atoms with Crippen LogP contribution in [-0.2, 0) is 0 Å². The van der Waals surface area contributed by atoms with E-state index in [1.165, 1.54) is 12.1 Å². The fourth-order valence-corrected chi connectivity index (χ4v) is 3.20. The van der Waals surface area contributed by atoms with Crippen molar-refractivity contribution in [3.05, 3.63) is 45.4 Å². The lowest BCUT2D eigenvalue weighted by molar-refractivity contribution is 0.181. The van der Waals surface area contributed by atoms with Crippen molar-refractivity contribution in [2.24, 2.45) is 0 Å². The van der Waals surface area contributed by atoms with E-state index in [9.17, 15) is 4.39 Å². The van der Waals surface area contributed by atoms with Gasteiger partial charge in [0.25, 0.3) is 0 Å². The highest BCUT2D eigenvalue weighted by Gasteiger charge is 2.30. The Kier molecular flexibility index (Phi) is 2.92. The van der Waals surface area contributed by atoms with E-state index in [4.69, 9.17) is 16.3 Å². The van der Waals surface area contributed by atoms with E-state index in [1.54, 1.807) is 11.3 Å². The lowest BCUT2D eigenvalue weighted by Crippen LogP contribution is -2.32. The molecule has 5 heteroatoms. The summed E-state index contributed by atoms with van der Waals surface area (Å²) in [5, 5.41) is 5.54. The molecule has 1 N–H and O–H groups in total. The van der Waals surface area contributed by atoms with Gasteiger partial charge in [0.2, 0.25) is 0 Å². The van der Waals surface area contributed by atoms with Gasteiger partial charge in [0.1, 0.15) is 5.82 Å². The topological polar surface area (TPSA) is 21.3 Å². The van der Waals surface area contributed by atoms with Crippen LogP contribution in [0.2, 0.25) is 5.02 Å². The van der Waals surface area contributed by atoms with Crippen LogP contribution >= 0.6 is 22.9 Å². The number of fused-ring (bicyclic) bond motifs is 1. The van der Waals surface area contributed by atoms with Crippen LogP contribution in [0.3, 0.4) is 0 Å². The van der Waals surface area contributed by atoms with Gasteiger partial charge >= 0.3 is 0 Å². The molecule has 0 aliphatic carbocycles. The second-order valence-electron chi connectivity index (χ2n) is 4.25. The van der Waals surface area contributed by atoms with Crippen LogP contribution in [0, 0.1) is 5.82 Å². The summed E-state index contributed by atoms with van der Waals surface area (Å²) in [6.07, 6.45) is -0.0968. The SMILES string of the molecule is CC1Nc2cc(F)cc(Cl)c2OC1c1cccs1. The van der Waals surface area contributed by atoms with Gasteiger partial charge < -0.3 is 10.1 Å². The average Bonchev–Trinajstić information content (AvgIpc) is 2.81. The number of hydrogen-bond acceptors (Lipinski definition) is 3. The van der Waals surface area contributed by atoms with Crippen molar-refractivity contribution >= 4 is 28.6 Å². The van der Waals surface area contributed by atoms with Gasteiger partial charge in [-0.25, -0.2) is 4.39 Å². The quantitative estimate of drug-likeness (QED) is 0.833. The zero-order valence-electron chi connectivity index (χ0n) is 9.61. The average molecular weight is 284 g/mol. The van der Waals surface area contributed by atoms with E-state index >= 15 is 0 Å². The van der Waals surface area contributed by atoms with E-state index in [1.807, 2.05) is 24.4 Å². The molecule has 2 atom stereocenters. The normalized spacial score (nSPS) is 21.9. The molecule has 0 amide bonds. The van der Waals surface area contributed by atoms with Gasteiger partial charge in [-0.3, -0.25) is 0 Å². The third kappa shape index (κ3) is 1.95. The Morgan fingerprint density at radius 2 is 2.28 bits per heavy atom. The minimum Gasteiger partial charge on any atom is -0.479 e. The Morgan fingerprint density at radius 3 is 3.00 bits per heavy atom. The number of rotatable bonds is 1. The number of thiophene rings is 1. The second kappa shape index (κ2) is 4.44. The Morgan fingerprint density at radius 1 is 1.44 bits per heavy atom. The van der Waals surface area contributed by atoms with Crippen LogP contribution in [0.25, 0.3) is 0 Å². The molecule has 2 heterocycles. The van der Waals surface area contributed by atoms with Gasteiger partial charge in [-0.05, 0) is 24.4 Å². The van der Waals surface area contributed by atoms with Gasteiger partial charge in [0, 0.05) is 10.9 Å². The first-order valence-electron chi connectivity index (χ1n) is 5.61. The number of hydrogen-bond donors (Lipinski definition) is 1. The standard InChI is InChI=1S/C13H11ClFNOS/c1-7-12(11-3-2-4-18-11)17-13-9(14)5-8(15)6-10(13)16-7/h2-7,12,16H,1H3. The Bertz CT molecular complexity index is 573. The van der Waals surface area contributed by atoms with Crippen LogP contribution in [0.5, 0.6) is 5.75 Å². The zero-order valence-corrected chi connectivity index (χ0v) is 11.2. The molecule has 0 bridgehead atoms. The summed E-state index contributed by atoms with van der Waals surface area (Å²) in [4.78, 5) is 1.13. The van der Waals surface area contributed by atoms with Crippen LogP contribution in [0.1, 0.15) is 17.9 Å². The molecule has 0 fully saturated rings. The predicted octanol–water partition coefficient (Wildman–Crippen LogP) is 4.47. The van der Waals surface area contributed by atoms with E-state index in [0.717, 1.165) is 4.88 Å². The van der Waals surface area contributed by atoms with Crippen molar-refractivity contribution < 1.29 is 9.13 Å². The molecule has 1 aliphatic heterocycles. The van der Waals surface area contributed by atoms with Gasteiger partial charge in [-0.1, -0.05) is 17.7 Å². The van der Waals surface area contributed by atoms with Gasteiger partial charge in [-0.15, -0.1) is 11.3 Å². The Hall–Kier alpha value is -1.26. The molecule has 94 valence electrons. The van der Waals surface area contributed by atoms with E-state index in [-0.39, 0.29) is 18.0 Å². The predicted molar refractivity (Wildman–Crippen MR) is 72.2 cm³/mol. The maximum Gasteiger partial charge on any atom is 0.162 e. The molecular formula is C13H11ClFNOS. The van der Waals surface area contributed by atoms with Crippen LogP contribution < -0.4 is 10.1 Å². The first-order chi connectivity index (χ1) is 8.65. The fraction of sp³-hybridized carbons (Fsp3) is 0.231. The number of nitrogens with one attached hydrogen (secondary N) is 1. The molecule has 0 saturated carbocycles. The monoisotopic (exact) mass is 283 g/mol. The Labute approximate surface area is 113 Å². The number of halogens is 2. The summed E-state index contributed by atoms with van der Waals surface area (Å²) in [6.45, 7) is 2.01. The third-order valence-corrected chi connectivity index (χ3v) is 4.13. The minimum atomic E-state index is -0.364. The molecule has 0 radical (unpaired) electrons. The van der Waals surface area contributed by atoms with Crippen molar-refractivity contribution in [2.45, 2.75) is 19.1 Å². The smallest absolute Gasteiger partial charge is 0.162 e. The van der Waals surface area contributed by atoms with E-state index < -0.39 is 0 Å². The molecule has 1 aliphatic rings. The molecule has 0 spiro atoms. The molecule has 18 heavy (non-hydrogen) atoms. The highest BCUT2D eigenvalue weighted by atomic mass is 35.5. The lowest BCUT2D eigenvalue weighted by atomic mass is 10.1. The highest BCUT2D eigenvalue weighted by Crippen LogP contribution is 2.43. The summed E-state index contributed by atoms with van der Waals surface area (Å²) in [7, 11) is 0. The number of ether oxygens (including phenoxy) is 1. The number of anilines is 1. The summed E-state index contributed by atoms with van der Waals surface area (Å²) in [5.74, 6) is 0.159. The van der Waals surface area contributed by atoms with Gasteiger partial charge in [0.15, 0.2) is 11.9 Å². The molecular weight excluding hydrogens is 273 g/mol. The molecule has 2 nitrogen and oxygen atoms in total. The van der Waals surface area contributed by atoms with Crippen molar-refractivity contribution in [3.63, 3.8) is 0 Å². The third-order valence-electron chi connectivity index (χ3n) is 2.91. The Balaban J connectivity index is 2.01. The maximum atomic E-state index is 13.3. The number of benzene rings is 1. The van der Waals surface area contributed by atoms with Crippen LogP contribution in [0.4, 0.5) is 10.1 Å². The van der Waals surface area contributed by atoms with Crippen LogP contribution in [0.15, 0.2) is 29.6 Å². The first-order valence-corrected chi connectivity index (χ1v) is 6.86. The zero-order chi connectivity index (χ0) is 12.7. The van der Waals surface area contributed by atoms with Crippen molar-refractivity contribution in [3.8, 4) is 5.75 Å². The molecule has 1 aromatic heterocycles. The van der Waals surface area contributed by atoms with Gasteiger partial charge in [-0.2, -0.15) is 0 Å². The van der Waals surface area contributed by atoms with Crippen molar-refractivity contribution in [2.75, 3.05) is 5.32 Å². The maximum absolute atomic E-state index is 13.3. The fourth-order valence-electron chi connectivity index (χ4n) is 2.09. The molecule has 3 rings (SSSR count). The first kappa shape index (κ1) is 11.8. The van der Waals surface area contributed by atoms with Crippen LogP contribution in [-0.4, -0.2) is 6.04 Å². The summed E-state index contributed by atoms with van der Waals surface area (Å²) in [6, 6.07) is 6.74. The highest BCUT2D eigenvalue weighted by molar-refractivity contribution is 7.10. The summed E-state index contributed by atoms with van der Waals surface area (Å²) in [5.41, 5.74) is 0.611. The second-order valence-corrected chi connectivity index (χ2v) is 5.64. The molecule has 0 saturated heterocycles. The minimum absolute atomic E-state index is 0.0639. The van der Waals surface area contributed by atoms with E-state index in [0.29, 0.717) is 16.5 Å². The van der Waals surface area contributed by atoms with E-state index in [2.05, 4.69) is 5.32 Å². The summed E-state index contributed by atoms with van der Waals surface area (Å²) >= 11 is 7.65. The molecule has 1 aromatic carbocycles. The van der Waals surface area contributed by atoms with Crippen molar-refractivity contribution in [1.29, 1.82) is 0 Å². The molecule has 2 unspecified atom stereocenters. The lowest BCUT2D eigenvalue weighted by Gasteiger charge is -2.33. The molecule has 2 aromatic rings. The van der Waals surface area contributed by atoms with Gasteiger partial charge in [0.05, 0.1) is 16.8 Å². The summed E-state index contributed by atoms with van der Waals surface area (Å²) < 4.78 is 19.2.